The monoisotopic (exact) mass is 340 g/mol. The van der Waals surface area contributed by atoms with Crippen molar-refractivity contribution >= 4 is 17.5 Å². The van der Waals surface area contributed by atoms with Crippen molar-refractivity contribution in [2.24, 2.45) is 0 Å². The van der Waals surface area contributed by atoms with E-state index in [-0.39, 0.29) is 18.2 Å². The zero-order valence-corrected chi connectivity index (χ0v) is 14.9. The Balaban J connectivity index is 1.73. The van der Waals surface area contributed by atoms with Crippen LogP contribution in [0.3, 0.4) is 0 Å². The molecule has 2 aromatic rings. The highest BCUT2D eigenvalue weighted by molar-refractivity contribution is 6.03. The molecule has 132 valence electrons. The Morgan fingerprint density at radius 3 is 2.32 bits per heavy atom. The predicted octanol–water partition coefficient (Wildman–Crippen LogP) is 3.00. The number of hydrogen-bond donors (Lipinski definition) is 2. The summed E-state index contributed by atoms with van der Waals surface area (Å²) in [6.45, 7) is 4.48. The highest BCUT2D eigenvalue weighted by atomic mass is 16.5. The summed E-state index contributed by atoms with van der Waals surface area (Å²) in [6, 6.07) is 13.4. The quantitative estimate of drug-likeness (QED) is 0.762. The van der Waals surface area contributed by atoms with E-state index in [0.29, 0.717) is 18.7 Å². The molecule has 0 radical (unpaired) electrons. The molecule has 25 heavy (non-hydrogen) atoms. The highest BCUT2D eigenvalue weighted by Crippen LogP contribution is 2.14. The molecule has 0 aliphatic rings. The van der Waals surface area contributed by atoms with E-state index in [4.69, 9.17) is 4.74 Å². The van der Waals surface area contributed by atoms with Crippen LogP contribution in [0, 0.1) is 13.8 Å². The molecule has 0 aliphatic carbocycles. The zero-order chi connectivity index (χ0) is 18.2. The fraction of sp³-hybridized carbons (Fsp3) is 0.300. The third-order valence-electron chi connectivity index (χ3n) is 4.01. The van der Waals surface area contributed by atoms with E-state index >= 15 is 0 Å². The number of carbonyl (C=O) groups is 2. The fourth-order valence-electron chi connectivity index (χ4n) is 2.37. The molecule has 0 saturated carbocycles. The lowest BCUT2D eigenvalue weighted by Crippen LogP contribution is -2.29. The first kappa shape index (κ1) is 18.5. The maximum Gasteiger partial charge on any atom is 0.233 e. The maximum atomic E-state index is 11.9. The SMILES string of the molecule is COc1ccc(CCNC(=O)CC(=O)Nc2ccc(C)c(C)c2)cc1. The summed E-state index contributed by atoms with van der Waals surface area (Å²) in [7, 11) is 1.62. The number of aryl methyl sites for hydroxylation is 2. The van der Waals surface area contributed by atoms with Crippen LogP contribution in [-0.2, 0) is 16.0 Å². The minimum Gasteiger partial charge on any atom is -0.497 e. The van der Waals surface area contributed by atoms with Crippen LogP contribution in [0.4, 0.5) is 5.69 Å². The molecule has 0 atom stereocenters. The van der Waals surface area contributed by atoms with Crippen molar-refractivity contribution in [2.45, 2.75) is 26.7 Å². The molecule has 0 fully saturated rings. The molecule has 2 amide bonds. The number of rotatable bonds is 7. The van der Waals surface area contributed by atoms with Gasteiger partial charge >= 0.3 is 0 Å². The van der Waals surface area contributed by atoms with Gasteiger partial charge in [-0.05, 0) is 61.2 Å². The average molecular weight is 340 g/mol. The van der Waals surface area contributed by atoms with Crippen LogP contribution in [0.15, 0.2) is 42.5 Å². The fourth-order valence-corrected chi connectivity index (χ4v) is 2.37. The van der Waals surface area contributed by atoms with E-state index < -0.39 is 0 Å². The summed E-state index contributed by atoms with van der Waals surface area (Å²) in [5.41, 5.74) is 4.07. The Bertz CT molecular complexity index is 739. The molecule has 0 unspecified atom stereocenters. The molecule has 5 heteroatoms. The van der Waals surface area contributed by atoms with Gasteiger partial charge in [0.1, 0.15) is 12.2 Å². The van der Waals surface area contributed by atoms with E-state index in [2.05, 4.69) is 10.6 Å². The summed E-state index contributed by atoms with van der Waals surface area (Å²) >= 11 is 0. The predicted molar refractivity (Wildman–Crippen MR) is 98.9 cm³/mol. The van der Waals surface area contributed by atoms with Gasteiger partial charge in [0.05, 0.1) is 7.11 Å². The van der Waals surface area contributed by atoms with E-state index in [1.54, 1.807) is 7.11 Å². The summed E-state index contributed by atoms with van der Waals surface area (Å²) in [5.74, 6) is 0.204. The molecule has 5 nitrogen and oxygen atoms in total. The smallest absolute Gasteiger partial charge is 0.233 e. The van der Waals surface area contributed by atoms with Crippen molar-refractivity contribution in [2.75, 3.05) is 19.0 Å². The van der Waals surface area contributed by atoms with Gasteiger partial charge in [-0.1, -0.05) is 18.2 Å². The second kappa shape index (κ2) is 8.87. The molecule has 2 aromatic carbocycles. The summed E-state index contributed by atoms with van der Waals surface area (Å²) < 4.78 is 5.10. The van der Waals surface area contributed by atoms with Crippen LogP contribution >= 0.6 is 0 Å². The second-order valence-corrected chi connectivity index (χ2v) is 5.97. The van der Waals surface area contributed by atoms with Crippen molar-refractivity contribution in [1.82, 2.24) is 5.32 Å². The van der Waals surface area contributed by atoms with Gasteiger partial charge in [0.25, 0.3) is 0 Å². The molecule has 0 heterocycles. The van der Waals surface area contributed by atoms with Crippen LogP contribution in [0.1, 0.15) is 23.1 Å². The minimum absolute atomic E-state index is 0.185. The molecule has 0 aliphatic heterocycles. The molecular weight excluding hydrogens is 316 g/mol. The molecule has 0 bridgehead atoms. The zero-order valence-electron chi connectivity index (χ0n) is 14.9. The Hall–Kier alpha value is -2.82. The lowest BCUT2D eigenvalue weighted by atomic mass is 10.1. The van der Waals surface area contributed by atoms with E-state index in [9.17, 15) is 9.59 Å². The normalized spacial score (nSPS) is 10.2. The van der Waals surface area contributed by atoms with Gasteiger partial charge in [0.2, 0.25) is 11.8 Å². The van der Waals surface area contributed by atoms with Crippen LogP contribution in [0.2, 0.25) is 0 Å². The minimum atomic E-state index is -0.315. The van der Waals surface area contributed by atoms with Crippen molar-refractivity contribution in [3.63, 3.8) is 0 Å². The maximum absolute atomic E-state index is 11.9. The number of ether oxygens (including phenoxy) is 1. The topological polar surface area (TPSA) is 67.4 Å². The van der Waals surface area contributed by atoms with E-state index in [0.717, 1.165) is 22.4 Å². The van der Waals surface area contributed by atoms with Crippen LogP contribution < -0.4 is 15.4 Å². The van der Waals surface area contributed by atoms with Crippen LogP contribution in [0.5, 0.6) is 5.75 Å². The number of anilines is 1. The van der Waals surface area contributed by atoms with Gasteiger partial charge in [-0.15, -0.1) is 0 Å². The van der Waals surface area contributed by atoms with Crippen molar-refractivity contribution < 1.29 is 14.3 Å². The Morgan fingerprint density at radius 1 is 0.960 bits per heavy atom. The molecule has 2 rings (SSSR count). The third-order valence-corrected chi connectivity index (χ3v) is 4.01. The largest absolute Gasteiger partial charge is 0.497 e. The lowest BCUT2D eigenvalue weighted by molar-refractivity contribution is -0.126. The summed E-state index contributed by atoms with van der Waals surface area (Å²) in [5, 5.41) is 5.51. The average Bonchev–Trinajstić information content (AvgIpc) is 2.58. The third kappa shape index (κ3) is 5.95. The first-order valence-corrected chi connectivity index (χ1v) is 8.24. The van der Waals surface area contributed by atoms with Gasteiger partial charge in [0, 0.05) is 12.2 Å². The highest BCUT2D eigenvalue weighted by Gasteiger charge is 2.09. The van der Waals surface area contributed by atoms with Crippen LogP contribution in [-0.4, -0.2) is 25.5 Å². The van der Waals surface area contributed by atoms with Gasteiger partial charge in [-0.25, -0.2) is 0 Å². The number of benzene rings is 2. The van der Waals surface area contributed by atoms with Crippen LogP contribution in [0.25, 0.3) is 0 Å². The second-order valence-electron chi connectivity index (χ2n) is 5.97. The molecule has 0 saturated heterocycles. The molecule has 0 aromatic heterocycles. The first-order valence-electron chi connectivity index (χ1n) is 8.24. The van der Waals surface area contributed by atoms with E-state index in [1.807, 2.05) is 56.3 Å². The molecule has 2 N–H and O–H groups in total. The number of carbonyl (C=O) groups excluding carboxylic acids is 2. The van der Waals surface area contributed by atoms with Gasteiger partial charge in [-0.3, -0.25) is 9.59 Å². The van der Waals surface area contributed by atoms with Gasteiger partial charge < -0.3 is 15.4 Å². The standard InChI is InChI=1S/C20H24N2O3/c1-14-4-7-17(12-15(14)2)22-20(24)13-19(23)21-11-10-16-5-8-18(25-3)9-6-16/h4-9,12H,10-11,13H2,1-3H3,(H,21,23)(H,22,24). The van der Waals surface area contributed by atoms with Crippen molar-refractivity contribution in [3.8, 4) is 5.75 Å². The summed E-state index contributed by atoms with van der Waals surface area (Å²) in [6.07, 6.45) is 0.518. The lowest BCUT2D eigenvalue weighted by Gasteiger charge is -2.08. The van der Waals surface area contributed by atoms with Crippen molar-refractivity contribution in [3.05, 3.63) is 59.2 Å². The van der Waals surface area contributed by atoms with E-state index in [1.165, 1.54) is 0 Å². The first-order chi connectivity index (χ1) is 12.0. The number of hydrogen-bond acceptors (Lipinski definition) is 3. The Kier molecular flexibility index (Phi) is 6.57. The molecule has 0 spiro atoms. The molecular formula is C20H24N2O3. The summed E-state index contributed by atoms with van der Waals surface area (Å²) in [4.78, 5) is 23.8. The number of methoxy groups -OCH3 is 1. The Labute approximate surface area is 148 Å². The van der Waals surface area contributed by atoms with Crippen molar-refractivity contribution in [1.29, 1.82) is 0 Å². The van der Waals surface area contributed by atoms with Gasteiger partial charge in [-0.2, -0.15) is 0 Å². The Morgan fingerprint density at radius 2 is 1.68 bits per heavy atom. The van der Waals surface area contributed by atoms with Gasteiger partial charge in [0.15, 0.2) is 0 Å². The number of nitrogens with one attached hydrogen (secondary N) is 2. The number of amides is 2.